The van der Waals surface area contributed by atoms with Crippen LogP contribution in [0.25, 0.3) is 10.2 Å². The fourth-order valence-corrected chi connectivity index (χ4v) is 5.22. The average molecular weight is 424 g/mol. The molecule has 0 saturated heterocycles. The molecule has 2 heterocycles. The van der Waals surface area contributed by atoms with Crippen LogP contribution in [-0.4, -0.2) is 51.7 Å². The summed E-state index contributed by atoms with van der Waals surface area (Å²) < 4.78 is 5.22. The molecule has 1 amide bonds. The van der Waals surface area contributed by atoms with Crippen molar-refractivity contribution >= 4 is 45.2 Å². The normalized spacial score (nSPS) is 13.6. The SMILES string of the molecule is CN(CC(=O)OC(C)(C)C)C(=O)CSCc1nc2sc3c(c2c(=O)[nH]1)CCC3. The van der Waals surface area contributed by atoms with E-state index in [1.807, 2.05) is 0 Å². The van der Waals surface area contributed by atoms with E-state index in [2.05, 4.69) is 9.97 Å². The molecule has 9 heteroatoms. The minimum atomic E-state index is -0.575. The van der Waals surface area contributed by atoms with Gasteiger partial charge in [0, 0.05) is 11.9 Å². The first-order chi connectivity index (χ1) is 13.1. The third-order valence-electron chi connectivity index (χ3n) is 4.30. The molecule has 152 valence electrons. The van der Waals surface area contributed by atoms with Gasteiger partial charge in [-0.15, -0.1) is 23.1 Å². The van der Waals surface area contributed by atoms with Gasteiger partial charge in [-0.1, -0.05) is 0 Å². The Bertz CT molecular complexity index is 958. The number of thioether (sulfide) groups is 1. The number of thiophene rings is 1. The van der Waals surface area contributed by atoms with E-state index in [9.17, 15) is 14.4 Å². The zero-order valence-corrected chi connectivity index (χ0v) is 18.2. The van der Waals surface area contributed by atoms with Gasteiger partial charge >= 0.3 is 5.97 Å². The predicted molar refractivity (Wildman–Crippen MR) is 112 cm³/mol. The van der Waals surface area contributed by atoms with E-state index in [1.165, 1.54) is 21.5 Å². The number of hydrogen-bond donors (Lipinski definition) is 1. The summed E-state index contributed by atoms with van der Waals surface area (Å²) in [7, 11) is 1.58. The van der Waals surface area contributed by atoms with Crippen LogP contribution in [0.4, 0.5) is 0 Å². The van der Waals surface area contributed by atoms with Crippen molar-refractivity contribution in [1.82, 2.24) is 14.9 Å². The lowest BCUT2D eigenvalue weighted by molar-refractivity contribution is -0.157. The summed E-state index contributed by atoms with van der Waals surface area (Å²) in [6, 6.07) is 0. The van der Waals surface area contributed by atoms with Gasteiger partial charge in [0.15, 0.2) is 0 Å². The second-order valence-corrected chi connectivity index (χ2v) is 9.95. The molecule has 1 aliphatic carbocycles. The lowest BCUT2D eigenvalue weighted by atomic mass is 10.2. The number of nitrogens with one attached hydrogen (secondary N) is 1. The zero-order chi connectivity index (χ0) is 20.5. The van der Waals surface area contributed by atoms with Gasteiger partial charge in [-0.05, 0) is 45.6 Å². The number of aromatic amines is 1. The molecule has 0 atom stereocenters. The fourth-order valence-electron chi connectivity index (χ4n) is 3.12. The number of ether oxygens (including phenoxy) is 1. The summed E-state index contributed by atoms with van der Waals surface area (Å²) in [6.07, 6.45) is 3.08. The summed E-state index contributed by atoms with van der Waals surface area (Å²) in [5.74, 6) is 0.594. The van der Waals surface area contributed by atoms with Crippen molar-refractivity contribution in [2.24, 2.45) is 0 Å². The van der Waals surface area contributed by atoms with Gasteiger partial charge < -0.3 is 14.6 Å². The largest absolute Gasteiger partial charge is 0.459 e. The van der Waals surface area contributed by atoms with Crippen LogP contribution < -0.4 is 5.56 Å². The summed E-state index contributed by atoms with van der Waals surface area (Å²) in [4.78, 5) is 47.3. The molecule has 7 nitrogen and oxygen atoms in total. The van der Waals surface area contributed by atoms with E-state index in [-0.39, 0.29) is 23.8 Å². The van der Waals surface area contributed by atoms with E-state index >= 15 is 0 Å². The third kappa shape index (κ3) is 4.94. The summed E-state index contributed by atoms with van der Waals surface area (Å²) in [6.45, 7) is 5.28. The van der Waals surface area contributed by atoms with Crippen LogP contribution in [-0.2, 0) is 32.9 Å². The first kappa shape index (κ1) is 20.9. The Labute approximate surface area is 171 Å². The summed E-state index contributed by atoms with van der Waals surface area (Å²) in [5, 5.41) is 0.736. The number of amides is 1. The monoisotopic (exact) mass is 423 g/mol. The molecule has 0 aromatic carbocycles. The van der Waals surface area contributed by atoms with Gasteiger partial charge in [0.2, 0.25) is 5.91 Å². The van der Waals surface area contributed by atoms with Crippen molar-refractivity contribution in [1.29, 1.82) is 0 Å². The highest BCUT2D eigenvalue weighted by Gasteiger charge is 2.22. The smallest absolute Gasteiger partial charge is 0.326 e. The molecule has 0 unspecified atom stereocenters. The molecule has 1 N–H and O–H groups in total. The highest BCUT2D eigenvalue weighted by Crippen LogP contribution is 2.34. The molecule has 0 fully saturated rings. The topological polar surface area (TPSA) is 92.4 Å². The maximum absolute atomic E-state index is 12.4. The number of nitrogens with zero attached hydrogens (tertiary/aromatic N) is 2. The Morgan fingerprint density at radius 3 is 2.79 bits per heavy atom. The lowest BCUT2D eigenvalue weighted by Crippen LogP contribution is -2.37. The van der Waals surface area contributed by atoms with E-state index in [1.54, 1.807) is 39.2 Å². The number of carbonyl (C=O) groups is 2. The first-order valence-corrected chi connectivity index (χ1v) is 11.2. The molecular formula is C19H25N3O4S2. The molecule has 0 aliphatic heterocycles. The maximum atomic E-state index is 12.4. The minimum Gasteiger partial charge on any atom is -0.459 e. The Kier molecular flexibility index (Phi) is 6.14. The average Bonchev–Trinajstić information content (AvgIpc) is 3.12. The highest BCUT2D eigenvalue weighted by atomic mass is 32.2. The number of hydrogen-bond acceptors (Lipinski definition) is 7. The van der Waals surface area contributed by atoms with Gasteiger partial charge in [0.1, 0.15) is 22.8 Å². The molecule has 0 saturated carbocycles. The van der Waals surface area contributed by atoms with Crippen molar-refractivity contribution in [3.05, 3.63) is 26.6 Å². The van der Waals surface area contributed by atoms with Gasteiger partial charge in [-0.2, -0.15) is 0 Å². The Balaban J connectivity index is 1.54. The number of carbonyl (C=O) groups excluding carboxylic acids is 2. The standard InChI is InChI=1S/C19H25N3O4S2/c1-19(2,3)26-15(24)8-22(4)14(23)10-27-9-13-20-17(25)16-11-6-5-7-12(11)28-18(16)21-13/h5-10H2,1-4H3,(H,20,21,25). The highest BCUT2D eigenvalue weighted by molar-refractivity contribution is 7.99. The Hall–Kier alpha value is -1.87. The quantitative estimate of drug-likeness (QED) is 0.718. The molecule has 1 aliphatic rings. The van der Waals surface area contributed by atoms with Crippen molar-refractivity contribution in [3.63, 3.8) is 0 Å². The molecule has 0 radical (unpaired) electrons. The number of fused-ring (bicyclic) bond motifs is 3. The third-order valence-corrected chi connectivity index (χ3v) is 6.41. The van der Waals surface area contributed by atoms with Gasteiger partial charge in [-0.25, -0.2) is 4.98 Å². The number of esters is 1. The molecule has 2 aromatic rings. The first-order valence-electron chi connectivity index (χ1n) is 9.21. The maximum Gasteiger partial charge on any atom is 0.326 e. The number of aryl methyl sites for hydroxylation is 2. The van der Waals surface area contributed by atoms with Gasteiger partial charge in [-0.3, -0.25) is 14.4 Å². The van der Waals surface area contributed by atoms with E-state index in [0.717, 1.165) is 35.0 Å². The number of rotatable bonds is 6. The summed E-state index contributed by atoms with van der Waals surface area (Å²) in [5.41, 5.74) is 0.494. The second kappa shape index (κ2) is 8.24. The number of likely N-dealkylation sites (N-methyl/N-ethyl adjacent to an activating group) is 1. The van der Waals surface area contributed by atoms with Crippen LogP contribution in [0.2, 0.25) is 0 Å². The minimum absolute atomic E-state index is 0.0849. The van der Waals surface area contributed by atoms with Crippen LogP contribution in [0, 0.1) is 0 Å². The zero-order valence-electron chi connectivity index (χ0n) is 16.6. The second-order valence-electron chi connectivity index (χ2n) is 7.88. The molecular weight excluding hydrogens is 398 g/mol. The van der Waals surface area contributed by atoms with Crippen LogP contribution in [0.15, 0.2) is 4.79 Å². The fraction of sp³-hybridized carbons (Fsp3) is 0.579. The van der Waals surface area contributed by atoms with E-state index < -0.39 is 11.6 Å². The Morgan fingerprint density at radius 2 is 2.07 bits per heavy atom. The van der Waals surface area contributed by atoms with Crippen LogP contribution in [0.3, 0.4) is 0 Å². The predicted octanol–water partition coefficient (Wildman–Crippen LogP) is 2.51. The molecule has 28 heavy (non-hydrogen) atoms. The number of H-pyrrole nitrogens is 1. The summed E-state index contributed by atoms with van der Waals surface area (Å²) >= 11 is 2.96. The van der Waals surface area contributed by atoms with Crippen LogP contribution in [0.5, 0.6) is 0 Å². The van der Waals surface area contributed by atoms with Gasteiger partial charge in [0.25, 0.3) is 5.56 Å². The van der Waals surface area contributed by atoms with Crippen LogP contribution in [0.1, 0.15) is 43.5 Å². The molecule has 0 spiro atoms. The lowest BCUT2D eigenvalue weighted by Gasteiger charge is -2.22. The molecule has 3 rings (SSSR count). The molecule has 0 bridgehead atoms. The Morgan fingerprint density at radius 1 is 1.32 bits per heavy atom. The van der Waals surface area contributed by atoms with Crippen molar-refractivity contribution in [3.8, 4) is 0 Å². The number of aromatic nitrogens is 2. The van der Waals surface area contributed by atoms with Crippen molar-refractivity contribution in [2.45, 2.75) is 51.4 Å². The van der Waals surface area contributed by atoms with E-state index in [4.69, 9.17) is 4.74 Å². The molecule has 2 aromatic heterocycles. The van der Waals surface area contributed by atoms with E-state index in [0.29, 0.717) is 11.6 Å². The van der Waals surface area contributed by atoms with Crippen molar-refractivity contribution < 1.29 is 14.3 Å². The van der Waals surface area contributed by atoms with Crippen LogP contribution >= 0.6 is 23.1 Å². The van der Waals surface area contributed by atoms with Crippen molar-refractivity contribution in [2.75, 3.05) is 19.3 Å². The van der Waals surface area contributed by atoms with Gasteiger partial charge in [0.05, 0.1) is 16.9 Å².